The molecule has 0 aliphatic heterocycles. The summed E-state index contributed by atoms with van der Waals surface area (Å²) in [5.74, 6) is 0.270. The van der Waals surface area contributed by atoms with E-state index in [1.807, 2.05) is 36.1 Å². The summed E-state index contributed by atoms with van der Waals surface area (Å²) in [5, 5.41) is 7.44. The van der Waals surface area contributed by atoms with Gasteiger partial charge in [0.05, 0.1) is 11.4 Å². The van der Waals surface area contributed by atoms with Gasteiger partial charge in [-0.3, -0.25) is 10.3 Å². The van der Waals surface area contributed by atoms with Gasteiger partial charge in [0.2, 0.25) is 0 Å². The lowest BCUT2D eigenvalue weighted by molar-refractivity contribution is 0.628. The van der Waals surface area contributed by atoms with Gasteiger partial charge >= 0.3 is 0 Å². The Morgan fingerprint density at radius 2 is 1.85 bits per heavy atom. The van der Waals surface area contributed by atoms with E-state index in [0.717, 1.165) is 11.1 Å². The van der Waals surface area contributed by atoms with Crippen molar-refractivity contribution < 1.29 is 4.39 Å². The third kappa shape index (κ3) is 4.39. The minimum Gasteiger partial charge on any atom is -0.387 e. The van der Waals surface area contributed by atoms with Crippen LogP contribution in [0, 0.1) is 12.7 Å². The first-order chi connectivity index (χ1) is 12.5. The molecule has 0 unspecified atom stereocenters. The van der Waals surface area contributed by atoms with E-state index in [4.69, 9.17) is 0 Å². The Kier molecular flexibility index (Phi) is 6.33. The van der Waals surface area contributed by atoms with Gasteiger partial charge in [0.25, 0.3) is 0 Å². The van der Waals surface area contributed by atoms with Gasteiger partial charge in [-0.2, -0.15) is 5.10 Å². The minimum absolute atomic E-state index is 0.315. The first kappa shape index (κ1) is 19.0. The Morgan fingerprint density at radius 1 is 1.15 bits per heavy atom. The number of halogens is 1. The molecular weight excluding hydrogens is 327 g/mol. The predicted molar refractivity (Wildman–Crippen MR) is 107 cm³/mol. The number of benzene rings is 2. The zero-order chi connectivity index (χ0) is 19.1. The molecule has 0 aliphatic carbocycles. The summed E-state index contributed by atoms with van der Waals surface area (Å²) in [5.41, 5.74) is 6.66. The molecule has 2 aromatic rings. The molecule has 0 aliphatic rings. The maximum atomic E-state index is 13.4. The smallest absolute Gasteiger partial charge is 0.165 e. The summed E-state index contributed by atoms with van der Waals surface area (Å²) in [4.78, 5) is 1.81. The van der Waals surface area contributed by atoms with Crippen LogP contribution in [0.3, 0.4) is 0 Å². The second kappa shape index (κ2) is 8.67. The quantitative estimate of drug-likeness (QED) is 0.339. The van der Waals surface area contributed by atoms with Crippen molar-refractivity contribution in [3.63, 3.8) is 0 Å². The molecule has 0 radical (unpaired) electrons. The van der Waals surface area contributed by atoms with Crippen molar-refractivity contribution in [2.45, 2.75) is 6.92 Å². The topological polar surface area (TPSA) is 39.7 Å². The molecule has 0 aromatic heterocycles. The first-order valence-electron chi connectivity index (χ1n) is 8.10. The van der Waals surface area contributed by atoms with Gasteiger partial charge in [-0.15, -0.1) is 0 Å². The summed E-state index contributed by atoms with van der Waals surface area (Å²) in [6.07, 6.45) is 1.48. The molecular formula is C21H23FN4. The third-order valence-corrected chi connectivity index (χ3v) is 3.75. The van der Waals surface area contributed by atoms with E-state index in [2.05, 4.69) is 35.6 Å². The Balaban J connectivity index is 2.64. The average molecular weight is 350 g/mol. The highest BCUT2D eigenvalue weighted by Crippen LogP contribution is 2.25. The van der Waals surface area contributed by atoms with E-state index in [-0.39, 0.29) is 5.82 Å². The molecule has 0 spiro atoms. The number of hydrazone groups is 1. The molecule has 0 fully saturated rings. The normalized spacial score (nSPS) is 10.8. The van der Waals surface area contributed by atoms with E-state index in [0.29, 0.717) is 22.9 Å². The van der Waals surface area contributed by atoms with Crippen LogP contribution in [0.15, 0.2) is 91.0 Å². The minimum atomic E-state index is -0.315. The zero-order valence-electron chi connectivity index (χ0n) is 15.1. The fourth-order valence-corrected chi connectivity index (χ4v) is 2.41. The van der Waals surface area contributed by atoms with Gasteiger partial charge in [0.15, 0.2) is 5.84 Å². The Hall–Kier alpha value is -3.34. The van der Waals surface area contributed by atoms with E-state index >= 15 is 0 Å². The van der Waals surface area contributed by atoms with Crippen LogP contribution in [0.25, 0.3) is 0 Å². The molecule has 2 aromatic carbocycles. The zero-order valence-corrected chi connectivity index (χ0v) is 15.1. The van der Waals surface area contributed by atoms with Crippen molar-refractivity contribution in [2.24, 2.45) is 5.10 Å². The molecule has 0 amide bonds. The number of hydrogen-bond acceptors (Lipinski definition) is 3. The predicted octanol–water partition coefficient (Wildman–Crippen LogP) is 4.28. The number of nitrogens with zero attached hydrogens (tertiary/aromatic N) is 2. The van der Waals surface area contributed by atoms with Crippen LogP contribution in [0.4, 0.5) is 10.1 Å². The van der Waals surface area contributed by atoms with Crippen LogP contribution >= 0.6 is 0 Å². The lowest BCUT2D eigenvalue weighted by atomic mass is 10.1. The highest BCUT2D eigenvalue weighted by atomic mass is 19.1. The van der Waals surface area contributed by atoms with Crippen LogP contribution in [0.5, 0.6) is 0 Å². The third-order valence-electron chi connectivity index (χ3n) is 3.75. The summed E-state index contributed by atoms with van der Waals surface area (Å²) in [6.45, 7) is 13.8. The van der Waals surface area contributed by atoms with Gasteiger partial charge in [0, 0.05) is 24.5 Å². The van der Waals surface area contributed by atoms with Crippen molar-refractivity contribution in [1.29, 1.82) is 0 Å². The number of anilines is 1. The number of likely N-dealkylation sites (N-methyl/N-ethyl adjacent to an activating group) is 1. The van der Waals surface area contributed by atoms with Gasteiger partial charge < -0.3 is 5.32 Å². The van der Waals surface area contributed by atoms with Crippen molar-refractivity contribution in [2.75, 3.05) is 11.9 Å². The number of amidine groups is 1. The average Bonchev–Trinajstić information content (AvgIpc) is 2.65. The van der Waals surface area contributed by atoms with Crippen molar-refractivity contribution in [3.05, 3.63) is 103 Å². The highest BCUT2D eigenvalue weighted by Gasteiger charge is 2.21. The Morgan fingerprint density at radius 3 is 2.42 bits per heavy atom. The van der Waals surface area contributed by atoms with Crippen LogP contribution in [-0.4, -0.2) is 12.9 Å². The van der Waals surface area contributed by atoms with Gasteiger partial charge in [-0.25, -0.2) is 4.39 Å². The van der Waals surface area contributed by atoms with Gasteiger partial charge in [-0.05, 0) is 37.3 Å². The Labute approximate surface area is 154 Å². The van der Waals surface area contributed by atoms with Gasteiger partial charge in [0.1, 0.15) is 5.82 Å². The van der Waals surface area contributed by atoms with E-state index in [1.54, 1.807) is 19.2 Å². The largest absolute Gasteiger partial charge is 0.387 e. The molecule has 2 N–H and O–H groups in total. The van der Waals surface area contributed by atoms with Crippen molar-refractivity contribution in [1.82, 2.24) is 10.7 Å². The van der Waals surface area contributed by atoms with Crippen LogP contribution < -0.4 is 15.6 Å². The van der Waals surface area contributed by atoms with E-state index in [9.17, 15) is 4.39 Å². The van der Waals surface area contributed by atoms with Crippen LogP contribution in [-0.2, 0) is 0 Å². The van der Waals surface area contributed by atoms with E-state index in [1.165, 1.54) is 18.3 Å². The molecule has 5 heteroatoms. The summed E-state index contributed by atoms with van der Waals surface area (Å²) < 4.78 is 13.4. The molecule has 0 saturated carbocycles. The lowest BCUT2D eigenvalue weighted by Gasteiger charge is -2.29. The lowest BCUT2D eigenvalue weighted by Crippen LogP contribution is -2.34. The summed E-state index contributed by atoms with van der Waals surface area (Å²) >= 11 is 0. The van der Waals surface area contributed by atoms with Gasteiger partial charge in [-0.1, -0.05) is 43.5 Å². The fraction of sp³-hybridized carbons (Fsp3) is 0.0952. The second-order valence-electron chi connectivity index (χ2n) is 5.63. The molecule has 2 rings (SSSR count). The van der Waals surface area contributed by atoms with Crippen molar-refractivity contribution >= 4 is 11.5 Å². The second-order valence-corrected chi connectivity index (χ2v) is 5.63. The SMILES string of the molecule is C=CN/N=C(/c1cccc(C)c1)N(C(=C)C(=C)NC)c1ccc(F)cc1. The molecule has 134 valence electrons. The molecule has 0 saturated heterocycles. The number of hydrogen-bond donors (Lipinski definition) is 2. The van der Waals surface area contributed by atoms with Crippen molar-refractivity contribution in [3.8, 4) is 0 Å². The molecule has 26 heavy (non-hydrogen) atoms. The maximum absolute atomic E-state index is 13.4. The standard InChI is InChI=1S/C21H23FN4/c1-6-24-25-21(18-9-7-8-15(2)14-18)26(17(4)16(3)23-5)20-12-10-19(22)11-13-20/h6-14,23-24H,1,3-4H2,2,5H3/b25-21-. The molecule has 4 nitrogen and oxygen atoms in total. The fourth-order valence-electron chi connectivity index (χ4n) is 2.41. The maximum Gasteiger partial charge on any atom is 0.165 e. The van der Waals surface area contributed by atoms with E-state index < -0.39 is 0 Å². The summed E-state index contributed by atoms with van der Waals surface area (Å²) in [7, 11) is 1.77. The first-order valence-corrected chi connectivity index (χ1v) is 8.10. The summed E-state index contributed by atoms with van der Waals surface area (Å²) in [6, 6.07) is 14.0. The molecule has 0 bridgehead atoms. The number of nitrogens with one attached hydrogen (secondary N) is 2. The number of rotatable bonds is 7. The van der Waals surface area contributed by atoms with Crippen LogP contribution in [0.1, 0.15) is 11.1 Å². The van der Waals surface area contributed by atoms with Crippen LogP contribution in [0.2, 0.25) is 0 Å². The molecule has 0 atom stereocenters. The monoisotopic (exact) mass is 350 g/mol. The highest BCUT2D eigenvalue weighted by molar-refractivity contribution is 6.12. The molecule has 0 heterocycles. The number of aryl methyl sites for hydroxylation is 1. The Bertz CT molecular complexity index is 837.